The number of aliphatic hydroxyl groups is 1. The maximum Gasteiger partial charge on any atom is 0.160 e. The molecule has 0 unspecified atom stereocenters. The molecule has 0 saturated carbocycles. The Balaban J connectivity index is 1.51. The van der Waals surface area contributed by atoms with Gasteiger partial charge in [-0.3, -0.25) is 0 Å². The molecule has 138 valence electrons. The molecule has 0 amide bonds. The van der Waals surface area contributed by atoms with Gasteiger partial charge in [0.1, 0.15) is 0 Å². The molecule has 0 aliphatic carbocycles. The molecule has 0 bridgehead atoms. The van der Waals surface area contributed by atoms with Gasteiger partial charge >= 0.3 is 0 Å². The minimum Gasteiger partial charge on any atom is -0.504 e. The smallest absolute Gasteiger partial charge is 0.160 e. The molecule has 0 fully saturated rings. The van der Waals surface area contributed by atoms with Crippen LogP contribution in [0.3, 0.4) is 0 Å². The van der Waals surface area contributed by atoms with Crippen molar-refractivity contribution < 1.29 is 14.9 Å². The zero-order valence-corrected chi connectivity index (χ0v) is 15.1. The molecule has 0 aliphatic heterocycles. The number of para-hydroxylation sites is 2. The van der Waals surface area contributed by atoms with E-state index in [1.165, 1.54) is 13.2 Å². The van der Waals surface area contributed by atoms with Crippen LogP contribution in [0.15, 0.2) is 48.8 Å². The van der Waals surface area contributed by atoms with Gasteiger partial charge in [0.05, 0.1) is 30.6 Å². The fraction of sp³-hybridized carbons (Fsp3) is 0.350. The normalized spacial score (nSPS) is 13.7. The third kappa shape index (κ3) is 4.15. The van der Waals surface area contributed by atoms with Gasteiger partial charge in [0.2, 0.25) is 0 Å². The molecule has 6 heteroatoms. The molecule has 3 aromatic rings. The van der Waals surface area contributed by atoms with Crippen LogP contribution in [0.5, 0.6) is 11.5 Å². The number of phenolic OH excluding ortho intramolecular Hbond substituents is 1. The zero-order chi connectivity index (χ0) is 18.5. The summed E-state index contributed by atoms with van der Waals surface area (Å²) in [5.41, 5.74) is 2.85. The van der Waals surface area contributed by atoms with Crippen molar-refractivity contribution in [2.24, 2.45) is 0 Å². The van der Waals surface area contributed by atoms with E-state index in [1.54, 1.807) is 12.1 Å². The van der Waals surface area contributed by atoms with Gasteiger partial charge in [0.25, 0.3) is 0 Å². The Morgan fingerprint density at radius 2 is 2.04 bits per heavy atom. The maximum atomic E-state index is 10.4. The van der Waals surface area contributed by atoms with Crippen LogP contribution in [-0.2, 0) is 6.54 Å². The number of rotatable bonds is 8. The SMILES string of the molecule is COc1cc([C@H](O)CN[C@@H](C)CCn2cnc3ccccc32)ccc1O. The number of aromatic nitrogens is 2. The first-order valence-electron chi connectivity index (χ1n) is 8.76. The average Bonchev–Trinajstić information content (AvgIpc) is 3.08. The van der Waals surface area contributed by atoms with Gasteiger partial charge in [-0.15, -0.1) is 0 Å². The fourth-order valence-corrected chi connectivity index (χ4v) is 2.96. The van der Waals surface area contributed by atoms with Crippen LogP contribution in [0.1, 0.15) is 25.0 Å². The van der Waals surface area contributed by atoms with E-state index in [2.05, 4.69) is 27.9 Å². The minimum atomic E-state index is -0.666. The van der Waals surface area contributed by atoms with E-state index < -0.39 is 6.10 Å². The highest BCUT2D eigenvalue weighted by molar-refractivity contribution is 5.74. The van der Waals surface area contributed by atoms with E-state index in [-0.39, 0.29) is 11.8 Å². The van der Waals surface area contributed by atoms with E-state index in [0.717, 1.165) is 24.0 Å². The summed E-state index contributed by atoms with van der Waals surface area (Å²) in [7, 11) is 1.49. The molecule has 0 radical (unpaired) electrons. The summed E-state index contributed by atoms with van der Waals surface area (Å²) < 4.78 is 7.23. The van der Waals surface area contributed by atoms with E-state index in [9.17, 15) is 10.2 Å². The van der Waals surface area contributed by atoms with Crippen molar-refractivity contribution in [2.45, 2.75) is 32.0 Å². The number of hydrogen-bond acceptors (Lipinski definition) is 5. The minimum absolute atomic E-state index is 0.0670. The molecule has 0 saturated heterocycles. The summed E-state index contributed by atoms with van der Waals surface area (Å²) >= 11 is 0. The van der Waals surface area contributed by atoms with Crippen LogP contribution in [-0.4, -0.2) is 39.5 Å². The van der Waals surface area contributed by atoms with Gasteiger partial charge < -0.3 is 24.8 Å². The van der Waals surface area contributed by atoms with Gasteiger partial charge in [-0.2, -0.15) is 0 Å². The van der Waals surface area contributed by atoms with Crippen LogP contribution in [0.4, 0.5) is 0 Å². The predicted octanol–water partition coefficient (Wildman–Crippen LogP) is 2.85. The monoisotopic (exact) mass is 355 g/mol. The Labute approximate surface area is 153 Å². The molecule has 3 rings (SSSR count). The number of fused-ring (bicyclic) bond motifs is 1. The molecule has 0 aliphatic rings. The molecular weight excluding hydrogens is 330 g/mol. The van der Waals surface area contributed by atoms with E-state index in [1.807, 2.05) is 24.5 Å². The molecule has 1 heterocycles. The molecule has 26 heavy (non-hydrogen) atoms. The van der Waals surface area contributed by atoms with Crippen molar-refractivity contribution in [1.82, 2.24) is 14.9 Å². The molecule has 2 aromatic carbocycles. The fourth-order valence-electron chi connectivity index (χ4n) is 2.96. The van der Waals surface area contributed by atoms with Gasteiger partial charge in [0.15, 0.2) is 11.5 Å². The Morgan fingerprint density at radius 3 is 2.85 bits per heavy atom. The predicted molar refractivity (Wildman–Crippen MR) is 101 cm³/mol. The summed E-state index contributed by atoms with van der Waals surface area (Å²) in [6, 6.07) is 13.2. The number of methoxy groups -OCH3 is 1. The Kier molecular flexibility index (Phi) is 5.75. The first-order chi connectivity index (χ1) is 12.6. The lowest BCUT2D eigenvalue weighted by molar-refractivity contribution is 0.169. The van der Waals surface area contributed by atoms with Gasteiger partial charge in [-0.05, 0) is 43.2 Å². The highest BCUT2D eigenvalue weighted by Crippen LogP contribution is 2.28. The number of aromatic hydroxyl groups is 1. The third-order valence-corrected chi connectivity index (χ3v) is 4.58. The molecule has 1 aromatic heterocycles. The van der Waals surface area contributed by atoms with Crippen LogP contribution >= 0.6 is 0 Å². The zero-order valence-electron chi connectivity index (χ0n) is 15.1. The van der Waals surface area contributed by atoms with Gasteiger partial charge in [-0.1, -0.05) is 18.2 Å². The summed E-state index contributed by atoms with van der Waals surface area (Å²) in [6.07, 6.45) is 2.13. The number of hydrogen-bond donors (Lipinski definition) is 3. The number of nitrogens with zero attached hydrogens (tertiary/aromatic N) is 2. The summed E-state index contributed by atoms with van der Waals surface area (Å²) in [6.45, 7) is 3.39. The van der Waals surface area contributed by atoms with Crippen LogP contribution in [0.25, 0.3) is 11.0 Å². The molecule has 6 nitrogen and oxygen atoms in total. The summed E-state index contributed by atoms with van der Waals surface area (Å²) in [5.74, 6) is 0.430. The molecule has 3 N–H and O–H groups in total. The molecule has 0 spiro atoms. The Morgan fingerprint density at radius 1 is 1.23 bits per heavy atom. The second kappa shape index (κ2) is 8.21. The average molecular weight is 355 g/mol. The number of aliphatic hydroxyl groups excluding tert-OH is 1. The lowest BCUT2D eigenvalue weighted by Gasteiger charge is -2.18. The molecule has 2 atom stereocenters. The number of ether oxygens (including phenoxy) is 1. The first-order valence-corrected chi connectivity index (χ1v) is 8.76. The maximum absolute atomic E-state index is 10.4. The van der Waals surface area contributed by atoms with Crippen molar-refractivity contribution in [2.75, 3.05) is 13.7 Å². The van der Waals surface area contributed by atoms with Crippen molar-refractivity contribution in [3.05, 3.63) is 54.4 Å². The highest BCUT2D eigenvalue weighted by Gasteiger charge is 2.12. The summed E-state index contributed by atoms with van der Waals surface area (Å²) in [4.78, 5) is 4.40. The van der Waals surface area contributed by atoms with Crippen molar-refractivity contribution in [3.8, 4) is 11.5 Å². The van der Waals surface area contributed by atoms with Crippen molar-refractivity contribution in [1.29, 1.82) is 0 Å². The lowest BCUT2D eigenvalue weighted by Crippen LogP contribution is -2.31. The quantitative estimate of drug-likeness (QED) is 0.579. The largest absolute Gasteiger partial charge is 0.504 e. The van der Waals surface area contributed by atoms with Gasteiger partial charge in [-0.25, -0.2) is 4.98 Å². The lowest BCUT2D eigenvalue weighted by atomic mass is 10.1. The van der Waals surface area contributed by atoms with E-state index in [0.29, 0.717) is 17.9 Å². The van der Waals surface area contributed by atoms with E-state index >= 15 is 0 Å². The second-order valence-corrected chi connectivity index (χ2v) is 6.47. The number of nitrogens with one attached hydrogen (secondary N) is 1. The van der Waals surface area contributed by atoms with Crippen LogP contribution < -0.4 is 10.1 Å². The number of benzene rings is 2. The van der Waals surface area contributed by atoms with Crippen molar-refractivity contribution >= 4 is 11.0 Å². The summed E-state index contributed by atoms with van der Waals surface area (Å²) in [5, 5.41) is 23.4. The van der Waals surface area contributed by atoms with Gasteiger partial charge in [0, 0.05) is 19.1 Å². The Bertz CT molecular complexity index is 862. The number of aryl methyl sites for hydroxylation is 1. The standard InChI is InChI=1S/C20H25N3O3/c1-14(9-10-23-13-22-16-5-3-4-6-17(16)23)21-12-19(25)15-7-8-18(24)20(11-15)26-2/h3-8,11,13-14,19,21,24-25H,9-10,12H2,1-2H3/t14-,19+/m0/s1. The van der Waals surface area contributed by atoms with Crippen LogP contribution in [0, 0.1) is 0 Å². The first kappa shape index (κ1) is 18.2. The third-order valence-electron chi connectivity index (χ3n) is 4.58. The van der Waals surface area contributed by atoms with Crippen molar-refractivity contribution in [3.63, 3.8) is 0 Å². The number of imidazole rings is 1. The number of phenols is 1. The van der Waals surface area contributed by atoms with E-state index in [4.69, 9.17) is 4.74 Å². The topological polar surface area (TPSA) is 79.5 Å². The Hall–Kier alpha value is -2.57. The molecular formula is C20H25N3O3. The van der Waals surface area contributed by atoms with Crippen LogP contribution in [0.2, 0.25) is 0 Å². The second-order valence-electron chi connectivity index (χ2n) is 6.47. The highest BCUT2D eigenvalue weighted by atomic mass is 16.5.